The van der Waals surface area contributed by atoms with Gasteiger partial charge in [-0.3, -0.25) is 0 Å². The smallest absolute Gasteiger partial charge is 0.358 e. The predicted octanol–water partition coefficient (Wildman–Crippen LogP) is 2.49. The minimum absolute atomic E-state index is 0.444. The Balaban J connectivity index is 2.11. The number of aromatic nitrogens is 1. The molecule has 22 heavy (non-hydrogen) atoms. The molecule has 2 heterocycles. The summed E-state index contributed by atoms with van der Waals surface area (Å²) in [5.41, 5.74) is -2.80. The van der Waals surface area contributed by atoms with Gasteiger partial charge in [0.2, 0.25) is 0 Å². The lowest BCUT2D eigenvalue weighted by molar-refractivity contribution is -0.0435. The lowest BCUT2D eigenvalue weighted by Gasteiger charge is -2.11. The van der Waals surface area contributed by atoms with Crippen molar-refractivity contribution < 1.29 is 21.6 Å². The maximum Gasteiger partial charge on any atom is 0.501 e. The maximum absolute atomic E-state index is 12.6. The monoisotopic (exact) mass is 332 g/mol. The molecule has 3 rings (SSSR count). The van der Waals surface area contributed by atoms with Crippen LogP contribution in [0.3, 0.4) is 0 Å². The van der Waals surface area contributed by atoms with Crippen LogP contribution in [0.2, 0.25) is 0 Å². The van der Waals surface area contributed by atoms with Gasteiger partial charge in [0.05, 0.1) is 4.90 Å². The van der Waals surface area contributed by atoms with Crippen LogP contribution in [-0.4, -0.2) is 43.9 Å². The molecule has 0 unspecified atom stereocenters. The van der Waals surface area contributed by atoms with Crippen LogP contribution in [0.5, 0.6) is 0 Å². The molecule has 0 fully saturated rings. The topological polar surface area (TPSA) is 53.2 Å². The van der Waals surface area contributed by atoms with Gasteiger partial charge in [0.15, 0.2) is 0 Å². The van der Waals surface area contributed by atoms with Crippen LogP contribution in [0.4, 0.5) is 13.2 Å². The van der Waals surface area contributed by atoms with E-state index in [0.29, 0.717) is 5.52 Å². The second-order valence-electron chi connectivity index (χ2n) is 5.54. The van der Waals surface area contributed by atoms with Gasteiger partial charge in [-0.2, -0.15) is 13.2 Å². The molecule has 0 spiro atoms. The largest absolute Gasteiger partial charge is 0.501 e. The van der Waals surface area contributed by atoms with Gasteiger partial charge in [-0.05, 0) is 31.2 Å². The molecule has 120 valence electrons. The number of H-pyrrole nitrogens is 1. The molecular formula is C14H15F3N2O2S. The zero-order valence-corrected chi connectivity index (χ0v) is 12.7. The van der Waals surface area contributed by atoms with Crippen LogP contribution in [0.1, 0.15) is 11.3 Å². The van der Waals surface area contributed by atoms with E-state index in [1.807, 2.05) is 7.05 Å². The van der Waals surface area contributed by atoms with Crippen molar-refractivity contribution in [3.8, 4) is 0 Å². The van der Waals surface area contributed by atoms with E-state index >= 15 is 0 Å². The van der Waals surface area contributed by atoms with Crippen molar-refractivity contribution in [2.24, 2.45) is 0 Å². The zero-order valence-electron chi connectivity index (χ0n) is 11.9. The van der Waals surface area contributed by atoms with Gasteiger partial charge < -0.3 is 9.88 Å². The number of alkyl halides is 3. The summed E-state index contributed by atoms with van der Waals surface area (Å²) < 4.78 is 60.9. The zero-order chi connectivity index (χ0) is 16.1. The number of benzene rings is 1. The first-order chi connectivity index (χ1) is 10.2. The third-order valence-electron chi connectivity index (χ3n) is 4.07. The highest BCUT2D eigenvalue weighted by molar-refractivity contribution is 7.92. The molecular weight excluding hydrogens is 317 g/mol. The van der Waals surface area contributed by atoms with E-state index in [2.05, 4.69) is 9.88 Å². The molecule has 0 aliphatic carbocycles. The second-order valence-corrected chi connectivity index (χ2v) is 7.48. The van der Waals surface area contributed by atoms with Gasteiger partial charge in [-0.25, -0.2) is 8.42 Å². The Labute approximate surface area is 125 Å². The summed E-state index contributed by atoms with van der Waals surface area (Å²) >= 11 is 0. The van der Waals surface area contributed by atoms with Crippen molar-refractivity contribution >= 4 is 20.7 Å². The molecule has 1 aliphatic heterocycles. The van der Waals surface area contributed by atoms with Crippen LogP contribution in [0.15, 0.2) is 23.1 Å². The summed E-state index contributed by atoms with van der Waals surface area (Å²) in [6, 6.07) is 3.58. The molecule has 1 aromatic carbocycles. The molecule has 0 radical (unpaired) electrons. The Morgan fingerprint density at radius 1 is 1.18 bits per heavy atom. The van der Waals surface area contributed by atoms with E-state index in [1.54, 1.807) is 0 Å². The van der Waals surface area contributed by atoms with Crippen LogP contribution in [0, 0.1) is 0 Å². The summed E-state index contributed by atoms with van der Waals surface area (Å²) in [4.78, 5) is 4.54. The molecule has 0 bridgehead atoms. The van der Waals surface area contributed by atoms with E-state index in [-0.39, 0.29) is 0 Å². The highest BCUT2D eigenvalue weighted by atomic mass is 32.2. The summed E-state index contributed by atoms with van der Waals surface area (Å²) in [5.74, 6) is 0. The average molecular weight is 332 g/mol. The number of hydrogen-bond donors (Lipinski definition) is 1. The molecule has 2 aromatic rings. The molecule has 1 aliphatic rings. The van der Waals surface area contributed by atoms with Gasteiger partial charge in [-0.1, -0.05) is 6.07 Å². The Morgan fingerprint density at radius 2 is 1.86 bits per heavy atom. The third-order valence-corrected chi connectivity index (χ3v) is 5.55. The van der Waals surface area contributed by atoms with Crippen LogP contribution in [-0.2, 0) is 22.7 Å². The van der Waals surface area contributed by atoms with Gasteiger partial charge in [0, 0.05) is 36.1 Å². The number of rotatable bonds is 1. The fourth-order valence-electron chi connectivity index (χ4n) is 2.81. The summed E-state index contributed by atoms with van der Waals surface area (Å²) in [5, 5.41) is 0.798. The first-order valence-corrected chi connectivity index (χ1v) is 8.32. The third kappa shape index (κ3) is 2.40. The van der Waals surface area contributed by atoms with Crippen molar-refractivity contribution in [3.05, 3.63) is 29.5 Å². The van der Waals surface area contributed by atoms with E-state index in [9.17, 15) is 21.6 Å². The number of sulfone groups is 1. The Hall–Kier alpha value is -1.54. The Morgan fingerprint density at radius 3 is 2.55 bits per heavy atom. The number of hydrogen-bond acceptors (Lipinski definition) is 3. The number of aromatic amines is 1. The van der Waals surface area contributed by atoms with Gasteiger partial charge >= 0.3 is 5.51 Å². The molecule has 4 nitrogen and oxygen atoms in total. The lowest BCUT2D eigenvalue weighted by atomic mass is 10.1. The van der Waals surface area contributed by atoms with E-state index in [4.69, 9.17) is 0 Å². The van der Waals surface area contributed by atoms with Crippen molar-refractivity contribution in [2.45, 2.75) is 23.2 Å². The number of likely N-dealkylation sites (N-methyl/N-ethyl adjacent to an activating group) is 1. The van der Waals surface area contributed by atoms with Gasteiger partial charge in [0.25, 0.3) is 9.84 Å². The van der Waals surface area contributed by atoms with Crippen molar-refractivity contribution in [1.29, 1.82) is 0 Å². The highest BCUT2D eigenvalue weighted by Gasteiger charge is 2.47. The lowest BCUT2D eigenvalue weighted by Crippen LogP contribution is -2.23. The summed E-state index contributed by atoms with van der Waals surface area (Å²) in [6.45, 7) is 1.72. The van der Waals surface area contributed by atoms with E-state index in [1.165, 1.54) is 6.07 Å². The SMILES string of the molecule is CN1CCc2[nH]c3cc(S(=O)(=O)C(F)(F)F)ccc3c2CC1. The quantitative estimate of drug-likeness (QED) is 0.873. The minimum atomic E-state index is -5.31. The second kappa shape index (κ2) is 4.99. The standard InChI is InChI=1S/C14H15F3N2O2S/c1-19-6-4-11-10-3-2-9(22(20,21)14(15,16)17)8-13(10)18-12(11)5-7-19/h2-3,8,18H,4-7H2,1H3. The number of nitrogens with one attached hydrogen (secondary N) is 1. The summed E-state index contributed by atoms with van der Waals surface area (Å²) in [7, 11) is -3.30. The predicted molar refractivity (Wildman–Crippen MR) is 76.4 cm³/mol. The fraction of sp³-hybridized carbons (Fsp3) is 0.429. The van der Waals surface area contributed by atoms with E-state index in [0.717, 1.165) is 54.7 Å². The van der Waals surface area contributed by atoms with Crippen LogP contribution in [0.25, 0.3) is 10.9 Å². The molecule has 1 aromatic heterocycles. The highest BCUT2D eigenvalue weighted by Crippen LogP contribution is 2.33. The Bertz CT molecular complexity index is 824. The number of nitrogens with zero attached hydrogens (tertiary/aromatic N) is 1. The minimum Gasteiger partial charge on any atom is -0.358 e. The summed E-state index contributed by atoms with van der Waals surface area (Å²) in [6.07, 6.45) is 1.55. The van der Waals surface area contributed by atoms with Crippen LogP contribution >= 0.6 is 0 Å². The molecule has 8 heteroatoms. The molecule has 0 atom stereocenters. The molecule has 0 saturated carbocycles. The molecule has 1 N–H and O–H groups in total. The van der Waals surface area contributed by atoms with Crippen molar-refractivity contribution in [3.63, 3.8) is 0 Å². The Kier molecular flexibility index (Phi) is 3.48. The first-order valence-electron chi connectivity index (χ1n) is 6.83. The number of halogens is 3. The van der Waals surface area contributed by atoms with Crippen LogP contribution < -0.4 is 0 Å². The van der Waals surface area contributed by atoms with E-state index < -0.39 is 20.2 Å². The van der Waals surface area contributed by atoms with Gasteiger partial charge in [0.1, 0.15) is 0 Å². The molecule has 0 amide bonds. The fourth-order valence-corrected chi connectivity index (χ4v) is 3.59. The van der Waals surface area contributed by atoms with Crippen molar-refractivity contribution in [1.82, 2.24) is 9.88 Å². The number of fused-ring (bicyclic) bond motifs is 3. The van der Waals surface area contributed by atoms with Gasteiger partial charge in [-0.15, -0.1) is 0 Å². The molecule has 0 saturated heterocycles. The normalized spacial score (nSPS) is 17.5. The maximum atomic E-state index is 12.6. The average Bonchev–Trinajstić information content (AvgIpc) is 2.68. The van der Waals surface area contributed by atoms with Crippen molar-refractivity contribution in [2.75, 3.05) is 20.1 Å². The first kappa shape index (κ1) is 15.4.